The first kappa shape index (κ1) is 21.4. The van der Waals surface area contributed by atoms with Gasteiger partial charge in [-0.3, -0.25) is 9.78 Å². The maximum atomic E-state index is 13.2. The Bertz CT molecular complexity index is 1250. The van der Waals surface area contributed by atoms with Crippen molar-refractivity contribution in [2.75, 3.05) is 13.1 Å². The molecule has 0 bridgehead atoms. The molecule has 168 valence electrons. The molecule has 0 saturated carbocycles. The van der Waals surface area contributed by atoms with Gasteiger partial charge in [-0.1, -0.05) is 42.5 Å². The van der Waals surface area contributed by atoms with Gasteiger partial charge in [-0.05, 0) is 68.0 Å². The highest BCUT2D eigenvalue weighted by atomic mass is 16.2. The average Bonchev–Trinajstić information content (AvgIpc) is 3.29. The fourth-order valence-corrected chi connectivity index (χ4v) is 4.88. The number of piperidine rings is 1. The largest absolute Gasteiger partial charge is 0.341 e. The molecule has 0 radical (unpaired) electrons. The first-order valence-electron chi connectivity index (χ1n) is 11.8. The fourth-order valence-electron chi connectivity index (χ4n) is 4.88. The molecule has 5 heteroatoms. The van der Waals surface area contributed by atoms with E-state index in [2.05, 4.69) is 48.3 Å². The van der Waals surface area contributed by atoms with Gasteiger partial charge in [0.25, 0.3) is 0 Å². The number of fused-ring (bicyclic) bond motifs is 1. The number of aryl methyl sites for hydroxylation is 1. The van der Waals surface area contributed by atoms with Crippen LogP contribution in [-0.2, 0) is 11.2 Å². The summed E-state index contributed by atoms with van der Waals surface area (Å²) in [6.07, 6.45) is 6.61. The van der Waals surface area contributed by atoms with Crippen LogP contribution in [0.25, 0.3) is 11.0 Å². The van der Waals surface area contributed by atoms with Crippen LogP contribution in [0.1, 0.15) is 54.1 Å². The molecule has 0 spiro atoms. The molecular formula is C28H30N4O. The zero-order valence-corrected chi connectivity index (χ0v) is 19.3. The lowest BCUT2D eigenvalue weighted by Crippen LogP contribution is -2.41. The minimum absolute atomic E-state index is 0.165. The summed E-state index contributed by atoms with van der Waals surface area (Å²) in [5.41, 5.74) is 6.97. The fraction of sp³-hybridized carbons (Fsp3) is 0.321. The summed E-state index contributed by atoms with van der Waals surface area (Å²) in [7, 11) is 0. The predicted octanol–water partition coefficient (Wildman–Crippen LogP) is 5.30. The molecule has 0 unspecified atom stereocenters. The SMILES string of the molecule is Cc1ccccc1Cc1ccc(C2CCN(C(=O)[C@@H](C)n3cnc4ccccc43)CC2)nc1. The van der Waals surface area contributed by atoms with E-state index in [1.165, 1.54) is 16.7 Å². The molecule has 1 saturated heterocycles. The lowest BCUT2D eigenvalue weighted by molar-refractivity contribution is -0.135. The molecule has 33 heavy (non-hydrogen) atoms. The van der Waals surface area contributed by atoms with E-state index in [1.54, 1.807) is 6.33 Å². The molecule has 1 atom stereocenters. The van der Waals surface area contributed by atoms with Gasteiger partial charge in [-0.15, -0.1) is 0 Å². The molecule has 1 aliphatic rings. The van der Waals surface area contributed by atoms with E-state index in [9.17, 15) is 4.79 Å². The molecule has 1 fully saturated rings. The number of carbonyl (C=O) groups excluding carboxylic acids is 1. The van der Waals surface area contributed by atoms with Crippen molar-refractivity contribution in [3.05, 3.63) is 95.6 Å². The predicted molar refractivity (Wildman–Crippen MR) is 131 cm³/mol. The Hall–Kier alpha value is -3.47. The summed E-state index contributed by atoms with van der Waals surface area (Å²) >= 11 is 0. The van der Waals surface area contributed by atoms with Gasteiger partial charge in [0.15, 0.2) is 0 Å². The Kier molecular flexibility index (Phi) is 5.95. The topological polar surface area (TPSA) is 51.0 Å². The zero-order valence-electron chi connectivity index (χ0n) is 19.3. The number of rotatable bonds is 5. The van der Waals surface area contributed by atoms with E-state index in [0.717, 1.165) is 49.1 Å². The van der Waals surface area contributed by atoms with Crippen molar-refractivity contribution in [3.8, 4) is 0 Å². The van der Waals surface area contributed by atoms with Crippen molar-refractivity contribution in [3.63, 3.8) is 0 Å². The van der Waals surface area contributed by atoms with E-state index in [1.807, 2.05) is 46.9 Å². The van der Waals surface area contributed by atoms with Crippen LogP contribution < -0.4 is 0 Å². The number of pyridine rings is 1. The van der Waals surface area contributed by atoms with Gasteiger partial charge in [-0.25, -0.2) is 4.98 Å². The molecule has 2 aromatic carbocycles. The monoisotopic (exact) mass is 438 g/mol. The third kappa shape index (κ3) is 4.40. The Labute approximate surface area is 195 Å². The lowest BCUT2D eigenvalue weighted by atomic mass is 9.92. The number of benzene rings is 2. The average molecular weight is 439 g/mol. The first-order chi connectivity index (χ1) is 16.1. The summed E-state index contributed by atoms with van der Waals surface area (Å²) in [6, 6.07) is 20.6. The standard InChI is InChI=1S/C28H30N4O/c1-20-7-3-4-8-24(20)17-22-11-12-25(29-18-22)23-13-15-31(16-14-23)28(33)21(2)32-19-30-26-9-5-6-10-27(26)32/h3-12,18-19,21,23H,13-17H2,1-2H3/t21-/m1/s1. The van der Waals surface area contributed by atoms with Crippen molar-refractivity contribution in [2.24, 2.45) is 0 Å². The van der Waals surface area contributed by atoms with Gasteiger partial charge < -0.3 is 9.47 Å². The van der Waals surface area contributed by atoms with Crippen LogP contribution >= 0.6 is 0 Å². The number of carbonyl (C=O) groups is 1. The van der Waals surface area contributed by atoms with Gasteiger partial charge in [-0.2, -0.15) is 0 Å². The number of aromatic nitrogens is 3. The van der Waals surface area contributed by atoms with E-state index in [0.29, 0.717) is 5.92 Å². The number of likely N-dealkylation sites (tertiary alicyclic amines) is 1. The minimum Gasteiger partial charge on any atom is -0.341 e. The van der Waals surface area contributed by atoms with Gasteiger partial charge >= 0.3 is 0 Å². The van der Waals surface area contributed by atoms with Crippen LogP contribution in [0.5, 0.6) is 0 Å². The molecule has 0 N–H and O–H groups in total. The summed E-state index contributed by atoms with van der Waals surface area (Å²) in [5.74, 6) is 0.573. The second-order valence-electron chi connectivity index (χ2n) is 9.11. The third-order valence-corrected chi connectivity index (χ3v) is 6.98. The Morgan fingerprint density at radius 2 is 1.76 bits per heavy atom. The number of hydrogen-bond acceptors (Lipinski definition) is 3. The van der Waals surface area contributed by atoms with Crippen LogP contribution in [-0.4, -0.2) is 38.4 Å². The van der Waals surface area contributed by atoms with Gasteiger partial charge in [0.2, 0.25) is 5.91 Å². The summed E-state index contributed by atoms with van der Waals surface area (Å²) in [5, 5.41) is 0. The van der Waals surface area contributed by atoms with Crippen molar-refractivity contribution >= 4 is 16.9 Å². The van der Waals surface area contributed by atoms with Crippen LogP contribution in [0, 0.1) is 6.92 Å². The number of para-hydroxylation sites is 2. The van der Waals surface area contributed by atoms with Crippen molar-refractivity contribution in [1.82, 2.24) is 19.4 Å². The van der Waals surface area contributed by atoms with Gasteiger partial charge in [0.05, 0.1) is 17.4 Å². The number of nitrogens with zero attached hydrogens (tertiary/aromatic N) is 4. The third-order valence-electron chi connectivity index (χ3n) is 6.98. The molecule has 1 aliphatic heterocycles. The van der Waals surface area contributed by atoms with E-state index in [-0.39, 0.29) is 11.9 Å². The zero-order chi connectivity index (χ0) is 22.8. The molecule has 3 heterocycles. The van der Waals surface area contributed by atoms with E-state index >= 15 is 0 Å². The Morgan fingerprint density at radius 1 is 1.00 bits per heavy atom. The van der Waals surface area contributed by atoms with E-state index < -0.39 is 0 Å². The smallest absolute Gasteiger partial charge is 0.245 e. The van der Waals surface area contributed by atoms with Crippen LogP contribution in [0.2, 0.25) is 0 Å². The van der Waals surface area contributed by atoms with Crippen molar-refractivity contribution in [1.29, 1.82) is 0 Å². The highest BCUT2D eigenvalue weighted by molar-refractivity contribution is 5.83. The first-order valence-corrected chi connectivity index (χ1v) is 11.8. The number of imidazole rings is 1. The van der Waals surface area contributed by atoms with Crippen LogP contribution in [0.3, 0.4) is 0 Å². The van der Waals surface area contributed by atoms with Crippen LogP contribution in [0.4, 0.5) is 0 Å². The summed E-state index contributed by atoms with van der Waals surface area (Å²) in [6.45, 7) is 5.67. The van der Waals surface area contributed by atoms with Gasteiger partial charge in [0.1, 0.15) is 6.04 Å². The van der Waals surface area contributed by atoms with Gasteiger partial charge in [0, 0.05) is 30.9 Å². The van der Waals surface area contributed by atoms with Crippen molar-refractivity contribution < 1.29 is 4.79 Å². The Morgan fingerprint density at radius 3 is 2.52 bits per heavy atom. The maximum Gasteiger partial charge on any atom is 0.245 e. The Balaban J connectivity index is 1.20. The maximum absolute atomic E-state index is 13.2. The molecule has 5 nitrogen and oxygen atoms in total. The summed E-state index contributed by atoms with van der Waals surface area (Å²) in [4.78, 5) is 24.4. The second kappa shape index (κ2) is 9.18. The summed E-state index contributed by atoms with van der Waals surface area (Å²) < 4.78 is 1.98. The van der Waals surface area contributed by atoms with E-state index in [4.69, 9.17) is 4.98 Å². The molecule has 4 aromatic rings. The second-order valence-corrected chi connectivity index (χ2v) is 9.11. The highest BCUT2D eigenvalue weighted by Crippen LogP contribution is 2.29. The molecular weight excluding hydrogens is 408 g/mol. The normalized spacial score (nSPS) is 15.6. The number of amides is 1. The van der Waals surface area contributed by atoms with Crippen LogP contribution in [0.15, 0.2) is 73.2 Å². The minimum atomic E-state index is -0.257. The molecule has 5 rings (SSSR count). The molecule has 0 aliphatic carbocycles. The lowest BCUT2D eigenvalue weighted by Gasteiger charge is -2.33. The molecule has 1 amide bonds. The van der Waals surface area contributed by atoms with Crippen molar-refractivity contribution in [2.45, 2.75) is 45.1 Å². The molecule has 2 aromatic heterocycles. The highest BCUT2D eigenvalue weighted by Gasteiger charge is 2.28. The number of hydrogen-bond donors (Lipinski definition) is 0. The quantitative estimate of drug-likeness (QED) is 0.425.